The smallest absolute Gasteiger partial charge is 0.333 e. The highest BCUT2D eigenvalue weighted by Crippen LogP contribution is 2.34. The largest absolute Gasteiger partial charge is 0.463 e. The lowest BCUT2D eigenvalue weighted by Gasteiger charge is -2.43. The Hall–Kier alpha value is -1.54. The summed E-state index contributed by atoms with van der Waals surface area (Å²) < 4.78 is 4.81. The topological polar surface area (TPSA) is 79.0 Å². The van der Waals surface area contributed by atoms with Crippen LogP contribution in [0.15, 0.2) is 11.6 Å². The number of nitrogens with zero attached hydrogens (tertiary/aromatic N) is 2. The van der Waals surface area contributed by atoms with E-state index in [4.69, 9.17) is 4.74 Å². The van der Waals surface area contributed by atoms with Crippen LogP contribution in [0.2, 0.25) is 0 Å². The molecule has 166 valence electrons. The van der Waals surface area contributed by atoms with Crippen molar-refractivity contribution < 1.29 is 19.1 Å². The minimum Gasteiger partial charge on any atom is -0.463 e. The third kappa shape index (κ3) is 7.03. The fourth-order valence-electron chi connectivity index (χ4n) is 3.58. The summed E-state index contributed by atoms with van der Waals surface area (Å²) in [7, 11) is 3.64. The van der Waals surface area contributed by atoms with Gasteiger partial charge in [-0.3, -0.25) is 14.5 Å². The van der Waals surface area contributed by atoms with Crippen LogP contribution in [0, 0.1) is 5.92 Å². The molecule has 1 aliphatic heterocycles. The van der Waals surface area contributed by atoms with Crippen molar-refractivity contribution in [1.29, 1.82) is 0 Å². The molecule has 0 saturated carbocycles. The number of esters is 1. The van der Waals surface area contributed by atoms with Crippen molar-refractivity contribution >= 4 is 29.5 Å². The molecule has 0 bridgehead atoms. The van der Waals surface area contributed by atoms with E-state index < -0.39 is 0 Å². The average Bonchev–Trinajstić information content (AvgIpc) is 2.62. The standard InChI is InChI=1S/C21H37N3O4S/c1-9-28-20(27)15(4)12-16(14(2)3)24(8)17(25)13-22-19(26)18-21(5,6)29-11-10-23(18)7/h12,14,16,18H,9-11,13H2,1-8H3,(H,22,26)/t16-,18?/m1/s1. The van der Waals surface area contributed by atoms with Crippen LogP contribution in [0.3, 0.4) is 0 Å². The summed E-state index contributed by atoms with van der Waals surface area (Å²) in [6, 6.07) is -0.556. The molecule has 0 aromatic carbocycles. The molecule has 29 heavy (non-hydrogen) atoms. The fraction of sp³-hybridized carbons (Fsp3) is 0.762. The Morgan fingerprint density at radius 1 is 1.34 bits per heavy atom. The van der Waals surface area contributed by atoms with Crippen LogP contribution in [-0.4, -0.2) is 84.0 Å². The van der Waals surface area contributed by atoms with Crippen LogP contribution in [0.5, 0.6) is 0 Å². The van der Waals surface area contributed by atoms with Gasteiger partial charge in [0.25, 0.3) is 0 Å². The van der Waals surface area contributed by atoms with E-state index in [0.29, 0.717) is 12.2 Å². The highest BCUT2D eigenvalue weighted by molar-refractivity contribution is 8.00. The van der Waals surface area contributed by atoms with E-state index in [1.165, 1.54) is 0 Å². The van der Waals surface area contributed by atoms with Gasteiger partial charge in [-0.25, -0.2) is 4.79 Å². The zero-order valence-corrected chi connectivity index (χ0v) is 19.9. The Bertz CT molecular complexity index is 633. The van der Waals surface area contributed by atoms with Crippen LogP contribution in [0.4, 0.5) is 0 Å². The molecule has 2 amide bonds. The van der Waals surface area contributed by atoms with Gasteiger partial charge in [0.2, 0.25) is 11.8 Å². The van der Waals surface area contributed by atoms with Crippen LogP contribution in [0.1, 0.15) is 41.5 Å². The lowest BCUT2D eigenvalue weighted by Crippen LogP contribution is -2.59. The van der Waals surface area contributed by atoms with Gasteiger partial charge in [0.05, 0.1) is 19.2 Å². The number of ether oxygens (including phenoxy) is 1. The van der Waals surface area contributed by atoms with E-state index in [9.17, 15) is 14.4 Å². The van der Waals surface area contributed by atoms with Gasteiger partial charge in [-0.05, 0) is 40.7 Å². The van der Waals surface area contributed by atoms with Crippen LogP contribution >= 0.6 is 11.8 Å². The number of carbonyl (C=O) groups is 3. The van der Waals surface area contributed by atoms with Gasteiger partial charge in [-0.2, -0.15) is 11.8 Å². The zero-order chi connectivity index (χ0) is 22.4. The SMILES string of the molecule is CCOC(=O)C(C)=C[C@H](C(C)C)N(C)C(=O)CNC(=O)C1N(C)CCSC1(C)C. The lowest BCUT2D eigenvalue weighted by atomic mass is 9.99. The van der Waals surface area contributed by atoms with E-state index >= 15 is 0 Å². The number of thioether (sulfide) groups is 1. The number of carbonyl (C=O) groups excluding carboxylic acids is 3. The molecule has 1 unspecified atom stereocenters. The van der Waals surface area contributed by atoms with Gasteiger partial charge in [0, 0.05) is 29.7 Å². The predicted molar refractivity (Wildman–Crippen MR) is 118 cm³/mol. The van der Waals surface area contributed by atoms with E-state index in [1.807, 2.05) is 25.8 Å². The summed E-state index contributed by atoms with van der Waals surface area (Å²) in [5.41, 5.74) is 0.469. The van der Waals surface area contributed by atoms with Crippen molar-refractivity contribution in [2.75, 3.05) is 39.5 Å². The van der Waals surface area contributed by atoms with Gasteiger partial charge in [-0.1, -0.05) is 19.9 Å². The molecule has 0 spiro atoms. The summed E-state index contributed by atoms with van der Waals surface area (Å²) in [6.07, 6.45) is 1.76. The quantitative estimate of drug-likeness (QED) is 0.471. The first-order chi connectivity index (χ1) is 13.4. The van der Waals surface area contributed by atoms with E-state index in [0.717, 1.165) is 12.3 Å². The molecule has 1 aliphatic rings. The van der Waals surface area contributed by atoms with Gasteiger partial charge >= 0.3 is 5.97 Å². The molecule has 0 radical (unpaired) electrons. The van der Waals surface area contributed by atoms with Crippen LogP contribution < -0.4 is 5.32 Å². The first-order valence-electron chi connectivity index (χ1n) is 10.2. The monoisotopic (exact) mass is 427 g/mol. The Kier molecular flexibility index (Phi) is 9.68. The first kappa shape index (κ1) is 25.5. The molecule has 1 saturated heterocycles. The maximum Gasteiger partial charge on any atom is 0.333 e. The minimum atomic E-state index is -0.382. The van der Waals surface area contributed by atoms with Crippen LogP contribution in [-0.2, 0) is 19.1 Å². The zero-order valence-electron chi connectivity index (χ0n) is 19.1. The number of rotatable bonds is 8. The third-order valence-electron chi connectivity index (χ3n) is 5.22. The van der Waals surface area contributed by atoms with Crippen molar-refractivity contribution in [3.8, 4) is 0 Å². The molecule has 0 aromatic heterocycles. The molecule has 1 rings (SSSR count). The molecule has 8 heteroatoms. The third-order valence-corrected chi connectivity index (χ3v) is 6.58. The molecule has 0 aromatic rings. The molecular weight excluding hydrogens is 390 g/mol. The van der Waals surface area contributed by atoms with E-state index in [-0.39, 0.29) is 47.1 Å². The van der Waals surface area contributed by atoms with Crippen molar-refractivity contribution in [3.05, 3.63) is 11.6 Å². The van der Waals surface area contributed by atoms with Crippen molar-refractivity contribution in [2.24, 2.45) is 5.92 Å². The number of amides is 2. The summed E-state index contributed by atoms with van der Waals surface area (Å²) in [5, 5.41) is 2.81. The molecule has 7 nitrogen and oxygen atoms in total. The average molecular weight is 428 g/mol. The van der Waals surface area contributed by atoms with Crippen molar-refractivity contribution in [2.45, 2.75) is 58.4 Å². The molecule has 0 aliphatic carbocycles. The summed E-state index contributed by atoms with van der Waals surface area (Å²) in [6.45, 7) is 12.6. The Morgan fingerprint density at radius 2 is 1.97 bits per heavy atom. The summed E-state index contributed by atoms with van der Waals surface area (Å²) in [4.78, 5) is 41.1. The van der Waals surface area contributed by atoms with E-state index in [2.05, 4.69) is 19.2 Å². The Labute approximate surface area is 179 Å². The first-order valence-corrected chi connectivity index (χ1v) is 11.1. The molecule has 1 fully saturated rings. The van der Waals surface area contributed by atoms with Gasteiger partial charge in [0.15, 0.2) is 0 Å². The highest BCUT2D eigenvalue weighted by atomic mass is 32.2. The highest BCUT2D eigenvalue weighted by Gasteiger charge is 2.41. The van der Waals surface area contributed by atoms with Gasteiger partial charge in [0.1, 0.15) is 6.04 Å². The second-order valence-corrected chi connectivity index (χ2v) is 10.1. The van der Waals surface area contributed by atoms with Gasteiger partial charge in [-0.15, -0.1) is 0 Å². The maximum absolute atomic E-state index is 12.8. The summed E-state index contributed by atoms with van der Waals surface area (Å²) >= 11 is 1.77. The maximum atomic E-state index is 12.8. The number of likely N-dealkylation sites (N-methyl/N-ethyl adjacent to an activating group) is 2. The normalized spacial score (nSPS) is 20.9. The Morgan fingerprint density at radius 3 is 2.48 bits per heavy atom. The van der Waals surface area contributed by atoms with Crippen molar-refractivity contribution in [1.82, 2.24) is 15.1 Å². The molecule has 1 heterocycles. The summed E-state index contributed by atoms with van der Waals surface area (Å²) in [5.74, 6) is 0.368. The predicted octanol–water partition coefficient (Wildman–Crippen LogP) is 1.92. The Balaban J connectivity index is 2.79. The minimum absolute atomic E-state index is 0.0735. The molecular formula is C21H37N3O4S. The second kappa shape index (κ2) is 11.0. The lowest BCUT2D eigenvalue weighted by molar-refractivity contribution is -0.138. The number of hydrogen-bond donors (Lipinski definition) is 1. The van der Waals surface area contributed by atoms with Crippen molar-refractivity contribution in [3.63, 3.8) is 0 Å². The number of hydrogen-bond acceptors (Lipinski definition) is 6. The molecule has 2 atom stereocenters. The number of nitrogens with one attached hydrogen (secondary N) is 1. The van der Waals surface area contributed by atoms with Crippen LogP contribution in [0.25, 0.3) is 0 Å². The fourth-order valence-corrected chi connectivity index (χ4v) is 4.93. The van der Waals surface area contributed by atoms with E-state index in [1.54, 1.807) is 43.6 Å². The van der Waals surface area contributed by atoms with Gasteiger partial charge < -0.3 is 15.0 Å². The second-order valence-electron chi connectivity index (χ2n) is 8.36. The molecule has 1 N–H and O–H groups in total.